The van der Waals surface area contributed by atoms with Gasteiger partial charge in [0.25, 0.3) is 10.0 Å². The highest BCUT2D eigenvalue weighted by molar-refractivity contribution is 7.92. The Balaban J connectivity index is 2.06. The largest absolute Gasteiger partial charge is 0.357 e. The number of carbonyl (C=O) groups is 2. The Morgan fingerprint density at radius 3 is 2.19 bits per heavy atom. The molecule has 0 bridgehead atoms. The van der Waals surface area contributed by atoms with Crippen LogP contribution in [-0.4, -0.2) is 44.8 Å². The summed E-state index contributed by atoms with van der Waals surface area (Å²) in [6, 6.07) is 19.7. The number of aryl methyl sites for hydroxylation is 2. The van der Waals surface area contributed by atoms with E-state index in [0.717, 1.165) is 15.4 Å². The molecule has 9 heteroatoms. The number of carbonyl (C=O) groups excluding carboxylic acids is 2. The van der Waals surface area contributed by atoms with Crippen LogP contribution in [0.15, 0.2) is 77.7 Å². The Morgan fingerprint density at radius 2 is 1.61 bits per heavy atom. The summed E-state index contributed by atoms with van der Waals surface area (Å²) < 4.78 is 28.7. The second kappa shape index (κ2) is 11.6. The first-order valence-corrected chi connectivity index (χ1v) is 13.3. The Labute approximate surface area is 217 Å². The molecule has 0 aromatic heterocycles. The molecule has 0 unspecified atom stereocenters. The number of anilines is 1. The van der Waals surface area contributed by atoms with Crippen LogP contribution in [0.2, 0.25) is 5.02 Å². The smallest absolute Gasteiger partial charge is 0.264 e. The lowest BCUT2D eigenvalue weighted by molar-refractivity contribution is -0.139. The van der Waals surface area contributed by atoms with Crippen LogP contribution in [0.3, 0.4) is 0 Å². The molecule has 0 fully saturated rings. The van der Waals surface area contributed by atoms with Gasteiger partial charge in [-0.05, 0) is 62.2 Å². The van der Waals surface area contributed by atoms with Gasteiger partial charge in [0.1, 0.15) is 12.6 Å². The molecule has 36 heavy (non-hydrogen) atoms. The van der Waals surface area contributed by atoms with E-state index >= 15 is 0 Å². The molecule has 3 aromatic rings. The molecule has 0 spiro atoms. The van der Waals surface area contributed by atoms with Crippen LogP contribution in [0, 0.1) is 13.8 Å². The van der Waals surface area contributed by atoms with E-state index in [1.54, 1.807) is 44.2 Å². The highest BCUT2D eigenvalue weighted by Gasteiger charge is 2.32. The molecule has 0 aliphatic heterocycles. The molecule has 0 heterocycles. The van der Waals surface area contributed by atoms with Crippen LogP contribution in [0.25, 0.3) is 0 Å². The van der Waals surface area contributed by atoms with Gasteiger partial charge in [0.15, 0.2) is 0 Å². The maximum absolute atomic E-state index is 13.8. The van der Waals surface area contributed by atoms with Crippen LogP contribution in [0.1, 0.15) is 23.6 Å². The quantitative estimate of drug-likeness (QED) is 0.449. The zero-order chi connectivity index (χ0) is 26.5. The summed E-state index contributed by atoms with van der Waals surface area (Å²) in [4.78, 5) is 27.7. The molecule has 0 radical (unpaired) electrons. The first kappa shape index (κ1) is 27.2. The molecule has 1 atom stereocenters. The monoisotopic (exact) mass is 527 g/mol. The van der Waals surface area contributed by atoms with Crippen LogP contribution >= 0.6 is 11.6 Å². The van der Waals surface area contributed by atoms with E-state index in [1.165, 1.54) is 24.1 Å². The van der Waals surface area contributed by atoms with Gasteiger partial charge in [-0.3, -0.25) is 13.9 Å². The van der Waals surface area contributed by atoms with E-state index in [4.69, 9.17) is 11.6 Å². The molecular formula is C27H30ClN3O4S. The van der Waals surface area contributed by atoms with Crippen molar-refractivity contribution in [1.82, 2.24) is 10.2 Å². The van der Waals surface area contributed by atoms with Gasteiger partial charge in [-0.2, -0.15) is 0 Å². The normalized spacial score (nSPS) is 12.0. The van der Waals surface area contributed by atoms with Crippen molar-refractivity contribution in [3.05, 3.63) is 94.5 Å². The number of hydrogen-bond donors (Lipinski definition) is 1. The van der Waals surface area contributed by atoms with Crippen LogP contribution in [-0.2, 0) is 26.2 Å². The molecule has 7 nitrogen and oxygen atoms in total. The lowest BCUT2D eigenvalue weighted by Gasteiger charge is -2.32. The third kappa shape index (κ3) is 6.25. The number of benzene rings is 3. The average Bonchev–Trinajstić information content (AvgIpc) is 2.86. The number of rotatable bonds is 9. The van der Waals surface area contributed by atoms with E-state index < -0.39 is 28.5 Å². The lowest BCUT2D eigenvalue weighted by atomic mass is 10.1. The number of hydrogen-bond acceptors (Lipinski definition) is 4. The molecule has 0 saturated heterocycles. The second-order valence-electron chi connectivity index (χ2n) is 8.55. The van der Waals surface area contributed by atoms with Gasteiger partial charge in [-0.15, -0.1) is 0 Å². The first-order chi connectivity index (χ1) is 17.0. The molecule has 190 valence electrons. The minimum Gasteiger partial charge on any atom is -0.357 e. The standard InChI is InChI=1S/C27H30ClN3O4S/c1-19-10-13-24(14-11-19)36(34,35)31(25-15-12-23(28)16-20(25)2)18-26(32)30(21(3)27(33)29-4)17-22-8-6-5-7-9-22/h5-16,21H,17-18H2,1-4H3,(H,29,33)/t21-/m1/s1. The van der Waals surface area contributed by atoms with Crippen molar-refractivity contribution in [1.29, 1.82) is 0 Å². The molecule has 3 aromatic carbocycles. The van der Waals surface area contributed by atoms with Gasteiger partial charge in [0, 0.05) is 18.6 Å². The highest BCUT2D eigenvalue weighted by Crippen LogP contribution is 2.29. The minimum atomic E-state index is -4.12. The molecule has 0 aliphatic carbocycles. The summed E-state index contributed by atoms with van der Waals surface area (Å²) >= 11 is 6.12. The van der Waals surface area contributed by atoms with Crippen molar-refractivity contribution in [2.45, 2.75) is 38.3 Å². The second-order valence-corrected chi connectivity index (χ2v) is 10.9. The predicted molar refractivity (Wildman–Crippen MR) is 142 cm³/mol. The van der Waals surface area contributed by atoms with Gasteiger partial charge >= 0.3 is 0 Å². The fraction of sp³-hybridized carbons (Fsp3) is 0.259. The molecule has 0 aliphatic rings. The number of nitrogens with zero attached hydrogens (tertiary/aromatic N) is 2. The van der Waals surface area contributed by atoms with Crippen LogP contribution in [0.5, 0.6) is 0 Å². The number of likely N-dealkylation sites (N-methyl/N-ethyl adjacent to an activating group) is 1. The third-order valence-electron chi connectivity index (χ3n) is 5.92. The van der Waals surface area contributed by atoms with E-state index in [9.17, 15) is 18.0 Å². The van der Waals surface area contributed by atoms with Crippen molar-refractivity contribution in [3.8, 4) is 0 Å². The lowest BCUT2D eigenvalue weighted by Crippen LogP contribution is -2.50. The Bertz CT molecular complexity index is 1330. The van der Waals surface area contributed by atoms with E-state index in [-0.39, 0.29) is 17.3 Å². The van der Waals surface area contributed by atoms with E-state index in [2.05, 4.69) is 5.32 Å². The molecule has 0 saturated carbocycles. The van der Waals surface area contributed by atoms with E-state index in [0.29, 0.717) is 16.3 Å². The van der Waals surface area contributed by atoms with Gasteiger partial charge < -0.3 is 10.2 Å². The van der Waals surface area contributed by atoms with E-state index in [1.807, 2.05) is 37.3 Å². The Kier molecular flexibility index (Phi) is 8.76. The zero-order valence-corrected chi connectivity index (χ0v) is 22.3. The summed E-state index contributed by atoms with van der Waals surface area (Å²) in [7, 11) is -2.62. The maximum Gasteiger partial charge on any atom is 0.264 e. The first-order valence-electron chi connectivity index (χ1n) is 11.4. The summed E-state index contributed by atoms with van der Waals surface area (Å²) in [6.07, 6.45) is 0. The van der Waals surface area contributed by atoms with Gasteiger partial charge in [-0.25, -0.2) is 8.42 Å². The molecular weight excluding hydrogens is 498 g/mol. The molecule has 3 rings (SSSR count). The summed E-state index contributed by atoms with van der Waals surface area (Å²) in [5.41, 5.74) is 2.66. The molecule has 2 amide bonds. The maximum atomic E-state index is 13.8. The van der Waals surface area contributed by atoms with Crippen LogP contribution < -0.4 is 9.62 Å². The minimum absolute atomic E-state index is 0.0595. The predicted octanol–water partition coefficient (Wildman–Crippen LogP) is 4.32. The topological polar surface area (TPSA) is 86.8 Å². The molecule has 1 N–H and O–H groups in total. The Morgan fingerprint density at radius 1 is 0.972 bits per heavy atom. The van der Waals surface area contributed by atoms with Crippen molar-refractivity contribution < 1.29 is 18.0 Å². The Hall–Kier alpha value is -3.36. The summed E-state index contributed by atoms with van der Waals surface area (Å²) in [6.45, 7) is 4.87. The number of nitrogens with one attached hydrogen (secondary N) is 1. The summed E-state index contributed by atoms with van der Waals surface area (Å²) in [5, 5.41) is 3.02. The van der Waals surface area contributed by atoms with Crippen molar-refractivity contribution in [2.75, 3.05) is 17.9 Å². The van der Waals surface area contributed by atoms with Gasteiger partial charge in [0.05, 0.1) is 10.6 Å². The highest BCUT2D eigenvalue weighted by atomic mass is 35.5. The number of amides is 2. The SMILES string of the molecule is CNC(=O)[C@@H](C)N(Cc1ccccc1)C(=O)CN(c1ccc(Cl)cc1C)S(=O)(=O)c1ccc(C)cc1. The fourth-order valence-corrected chi connectivity index (χ4v) is 5.53. The van der Waals surface area contributed by atoms with Crippen molar-refractivity contribution in [3.63, 3.8) is 0 Å². The fourth-order valence-electron chi connectivity index (χ4n) is 3.82. The van der Waals surface area contributed by atoms with Gasteiger partial charge in [0.2, 0.25) is 11.8 Å². The van der Waals surface area contributed by atoms with Crippen molar-refractivity contribution >= 4 is 39.1 Å². The van der Waals surface area contributed by atoms with Crippen molar-refractivity contribution in [2.24, 2.45) is 0 Å². The average molecular weight is 528 g/mol. The van der Waals surface area contributed by atoms with Gasteiger partial charge in [-0.1, -0.05) is 59.6 Å². The number of halogens is 1. The third-order valence-corrected chi connectivity index (χ3v) is 7.93. The number of sulfonamides is 1. The summed E-state index contributed by atoms with van der Waals surface area (Å²) in [5.74, 6) is -0.866. The van der Waals surface area contributed by atoms with Crippen LogP contribution in [0.4, 0.5) is 5.69 Å². The zero-order valence-electron chi connectivity index (χ0n) is 20.7.